The van der Waals surface area contributed by atoms with E-state index in [2.05, 4.69) is 0 Å². The Morgan fingerprint density at radius 2 is 1.67 bits per heavy atom. The number of carbonyl (C=O) groups is 1. The summed E-state index contributed by atoms with van der Waals surface area (Å²) < 4.78 is 16.9. The summed E-state index contributed by atoms with van der Waals surface area (Å²) in [6, 6.07) is 8.72. The second-order valence-electron chi connectivity index (χ2n) is 7.44. The third kappa shape index (κ3) is 3.68. The van der Waals surface area contributed by atoms with Crippen LogP contribution in [0.5, 0.6) is 23.0 Å². The van der Waals surface area contributed by atoms with Gasteiger partial charge in [0.2, 0.25) is 6.29 Å². The van der Waals surface area contributed by atoms with Crippen molar-refractivity contribution in [2.24, 2.45) is 0 Å². The monoisotopic (exact) mass is 418 g/mol. The van der Waals surface area contributed by atoms with Crippen LogP contribution >= 0.6 is 0 Å². The molecule has 30 heavy (non-hydrogen) atoms. The zero-order valence-electron chi connectivity index (χ0n) is 16.0. The molecule has 0 amide bonds. The minimum atomic E-state index is -1.57. The van der Waals surface area contributed by atoms with E-state index < -0.39 is 36.8 Å². The number of benzene rings is 2. The fraction of sp³-hybridized carbons (Fsp3) is 0.381. The first-order valence-corrected chi connectivity index (χ1v) is 9.46. The lowest BCUT2D eigenvalue weighted by atomic mass is 9.95. The van der Waals surface area contributed by atoms with E-state index in [0.717, 1.165) is 0 Å². The maximum atomic E-state index is 12.9. The Bertz CT molecular complexity index is 942. The molecule has 1 fully saturated rings. The van der Waals surface area contributed by atoms with Crippen molar-refractivity contribution >= 4 is 5.78 Å². The Balaban J connectivity index is 1.63. The molecule has 9 nitrogen and oxygen atoms in total. The molecule has 4 rings (SSSR count). The van der Waals surface area contributed by atoms with Gasteiger partial charge in [0.15, 0.2) is 5.78 Å². The summed E-state index contributed by atoms with van der Waals surface area (Å²) in [5.74, 6) is -0.440. The van der Waals surface area contributed by atoms with Crippen LogP contribution in [-0.4, -0.2) is 62.0 Å². The van der Waals surface area contributed by atoms with Crippen molar-refractivity contribution < 1.29 is 44.5 Å². The van der Waals surface area contributed by atoms with Crippen molar-refractivity contribution in [3.05, 3.63) is 47.5 Å². The van der Waals surface area contributed by atoms with Crippen LogP contribution in [0, 0.1) is 0 Å². The van der Waals surface area contributed by atoms with Gasteiger partial charge >= 0.3 is 0 Å². The first-order valence-electron chi connectivity index (χ1n) is 9.46. The minimum Gasteiger partial charge on any atom is -0.508 e. The number of aliphatic hydroxyl groups is 3. The van der Waals surface area contributed by atoms with Crippen LogP contribution in [0.25, 0.3) is 0 Å². The van der Waals surface area contributed by atoms with Crippen molar-refractivity contribution in [2.75, 3.05) is 0 Å². The highest BCUT2D eigenvalue weighted by molar-refractivity contribution is 6.02. The first kappa shape index (κ1) is 20.4. The summed E-state index contributed by atoms with van der Waals surface area (Å²) in [7, 11) is 0. The molecule has 2 heterocycles. The summed E-state index contributed by atoms with van der Waals surface area (Å²) in [4.78, 5) is 12.9. The molecule has 5 N–H and O–H groups in total. The van der Waals surface area contributed by atoms with E-state index in [4.69, 9.17) is 14.2 Å². The SMILES string of the molecule is CC1O[C@@H](Oc2cc(O)cc3c2C(=O)CC(c2ccc(O)cc2)O3)[C@@H](O)C(O)[C@H]1O. The molecule has 2 aromatic carbocycles. The molecular formula is C21H22O9. The average molecular weight is 418 g/mol. The normalized spacial score (nSPS) is 31.0. The summed E-state index contributed by atoms with van der Waals surface area (Å²) in [5.41, 5.74) is 0.751. The first-order chi connectivity index (χ1) is 14.2. The fourth-order valence-corrected chi connectivity index (χ4v) is 3.61. The number of ketones is 1. The van der Waals surface area contributed by atoms with Gasteiger partial charge in [0.1, 0.15) is 53.0 Å². The van der Waals surface area contributed by atoms with E-state index in [-0.39, 0.29) is 40.8 Å². The molecule has 6 atom stereocenters. The number of phenols is 2. The highest BCUT2D eigenvalue weighted by Gasteiger charge is 2.44. The molecule has 9 heteroatoms. The van der Waals surface area contributed by atoms with Crippen LogP contribution in [0.1, 0.15) is 35.4 Å². The zero-order valence-corrected chi connectivity index (χ0v) is 16.0. The number of hydrogen-bond donors (Lipinski definition) is 5. The molecule has 3 unspecified atom stereocenters. The molecule has 0 saturated carbocycles. The van der Waals surface area contributed by atoms with Gasteiger partial charge < -0.3 is 39.7 Å². The maximum Gasteiger partial charge on any atom is 0.229 e. The molecule has 0 radical (unpaired) electrons. The van der Waals surface area contributed by atoms with Gasteiger partial charge in [-0.05, 0) is 24.6 Å². The summed E-state index contributed by atoms with van der Waals surface area (Å²) in [5, 5.41) is 49.5. The molecule has 0 spiro atoms. The Morgan fingerprint density at radius 3 is 2.37 bits per heavy atom. The summed E-state index contributed by atoms with van der Waals surface area (Å²) >= 11 is 0. The Morgan fingerprint density at radius 1 is 0.967 bits per heavy atom. The zero-order chi connectivity index (χ0) is 21.6. The number of aliphatic hydroxyl groups excluding tert-OH is 3. The third-order valence-corrected chi connectivity index (χ3v) is 5.29. The predicted octanol–water partition coefficient (Wildman–Crippen LogP) is 1.01. The van der Waals surface area contributed by atoms with Gasteiger partial charge in [-0.1, -0.05) is 12.1 Å². The van der Waals surface area contributed by atoms with Crippen LogP contribution in [0.4, 0.5) is 0 Å². The van der Waals surface area contributed by atoms with E-state index in [0.29, 0.717) is 5.56 Å². The largest absolute Gasteiger partial charge is 0.508 e. The molecule has 2 aliphatic heterocycles. The number of phenolic OH excluding ortho intramolecular Hbond substituents is 2. The summed E-state index contributed by atoms with van der Waals surface area (Å²) in [6.45, 7) is 1.50. The number of aromatic hydroxyl groups is 2. The molecule has 1 saturated heterocycles. The van der Waals surface area contributed by atoms with Gasteiger partial charge in [-0.25, -0.2) is 0 Å². The van der Waals surface area contributed by atoms with Crippen LogP contribution < -0.4 is 9.47 Å². The number of fused-ring (bicyclic) bond motifs is 1. The number of Topliss-reactive ketones (excluding diaryl/α,β-unsaturated/α-hetero) is 1. The smallest absolute Gasteiger partial charge is 0.229 e. The average Bonchev–Trinajstić information content (AvgIpc) is 2.70. The predicted molar refractivity (Wildman–Crippen MR) is 102 cm³/mol. The van der Waals surface area contributed by atoms with Crippen molar-refractivity contribution in [1.82, 2.24) is 0 Å². The van der Waals surface area contributed by atoms with E-state index in [1.54, 1.807) is 12.1 Å². The lowest BCUT2D eigenvalue weighted by Crippen LogP contribution is -2.58. The van der Waals surface area contributed by atoms with Crippen LogP contribution in [0.15, 0.2) is 36.4 Å². The second-order valence-corrected chi connectivity index (χ2v) is 7.44. The molecule has 2 aromatic rings. The van der Waals surface area contributed by atoms with Crippen molar-refractivity contribution in [1.29, 1.82) is 0 Å². The van der Waals surface area contributed by atoms with Crippen molar-refractivity contribution in [2.45, 2.75) is 50.2 Å². The molecule has 0 bridgehead atoms. The van der Waals surface area contributed by atoms with Crippen LogP contribution in [0.3, 0.4) is 0 Å². The highest BCUT2D eigenvalue weighted by Crippen LogP contribution is 2.43. The van der Waals surface area contributed by atoms with Gasteiger partial charge in [-0.2, -0.15) is 0 Å². The van der Waals surface area contributed by atoms with Gasteiger partial charge in [0.25, 0.3) is 0 Å². The molecular weight excluding hydrogens is 396 g/mol. The van der Waals surface area contributed by atoms with Crippen molar-refractivity contribution in [3.63, 3.8) is 0 Å². The van der Waals surface area contributed by atoms with Gasteiger partial charge in [-0.3, -0.25) is 4.79 Å². The lowest BCUT2D eigenvalue weighted by molar-refractivity contribution is -0.268. The third-order valence-electron chi connectivity index (χ3n) is 5.29. The topological polar surface area (TPSA) is 146 Å². The van der Waals surface area contributed by atoms with Gasteiger partial charge in [-0.15, -0.1) is 0 Å². The molecule has 2 aliphatic rings. The number of ether oxygens (including phenoxy) is 3. The van der Waals surface area contributed by atoms with E-state index in [1.807, 2.05) is 0 Å². The van der Waals surface area contributed by atoms with Gasteiger partial charge in [0, 0.05) is 12.1 Å². The summed E-state index contributed by atoms with van der Waals surface area (Å²) in [6.07, 6.45) is -7.19. The number of carbonyl (C=O) groups excluding carboxylic acids is 1. The van der Waals surface area contributed by atoms with Crippen LogP contribution in [0.2, 0.25) is 0 Å². The minimum absolute atomic E-state index is 0.00920. The standard InChI is InChI=1S/C21H22O9/c1-9-18(25)19(26)20(27)21(28-9)30-16-7-12(23)6-15-17(16)13(24)8-14(29-15)10-2-4-11(22)5-3-10/h2-7,9,14,18-23,25-27H,8H2,1H3/t9?,14?,18-,19?,20-,21-/m0/s1. The van der Waals surface area contributed by atoms with Crippen molar-refractivity contribution in [3.8, 4) is 23.0 Å². The van der Waals surface area contributed by atoms with E-state index >= 15 is 0 Å². The Kier molecular flexibility index (Phi) is 5.29. The molecule has 0 aliphatic carbocycles. The highest BCUT2D eigenvalue weighted by atomic mass is 16.7. The Hall–Kier alpha value is -2.85. The lowest BCUT2D eigenvalue weighted by Gasteiger charge is -2.39. The maximum absolute atomic E-state index is 12.9. The number of rotatable bonds is 3. The fourth-order valence-electron chi connectivity index (χ4n) is 3.61. The van der Waals surface area contributed by atoms with Gasteiger partial charge in [0.05, 0.1) is 12.5 Å². The van der Waals surface area contributed by atoms with E-state index in [1.165, 1.54) is 31.2 Å². The molecule has 0 aromatic heterocycles. The number of hydrogen-bond acceptors (Lipinski definition) is 9. The second kappa shape index (κ2) is 7.77. The van der Waals surface area contributed by atoms with E-state index in [9.17, 15) is 30.3 Å². The van der Waals surface area contributed by atoms with Crippen LogP contribution in [-0.2, 0) is 4.74 Å². The Labute approximate surface area is 171 Å². The molecule has 160 valence electrons. The quantitative estimate of drug-likeness (QED) is 0.493.